The van der Waals surface area contributed by atoms with E-state index in [1.165, 1.54) is 16.7 Å². The van der Waals surface area contributed by atoms with E-state index in [0.717, 1.165) is 30.9 Å². The Bertz CT molecular complexity index is 691. The number of ether oxygens (including phenoxy) is 1. The molecule has 24 heavy (non-hydrogen) atoms. The second-order valence-corrected chi connectivity index (χ2v) is 7.52. The van der Waals surface area contributed by atoms with Crippen molar-refractivity contribution in [1.29, 1.82) is 0 Å². The minimum atomic E-state index is -0.141. The van der Waals surface area contributed by atoms with Crippen LogP contribution >= 0.6 is 0 Å². The molecule has 3 rings (SSSR count). The van der Waals surface area contributed by atoms with Crippen LogP contribution in [0.15, 0.2) is 42.5 Å². The lowest BCUT2D eigenvalue weighted by molar-refractivity contribution is 0.116. The Kier molecular flexibility index (Phi) is 4.81. The van der Waals surface area contributed by atoms with Gasteiger partial charge in [0, 0.05) is 12.6 Å². The van der Waals surface area contributed by atoms with Crippen molar-refractivity contribution < 1.29 is 4.74 Å². The first-order valence-corrected chi connectivity index (χ1v) is 8.76. The van der Waals surface area contributed by atoms with E-state index in [-0.39, 0.29) is 5.60 Å². The molecule has 0 amide bonds. The number of hydrogen-bond donors (Lipinski definition) is 2. The molecule has 128 valence electrons. The Morgan fingerprint density at radius 2 is 1.83 bits per heavy atom. The minimum Gasteiger partial charge on any atom is -0.484 e. The van der Waals surface area contributed by atoms with Crippen molar-refractivity contribution in [2.45, 2.75) is 52.3 Å². The topological polar surface area (TPSA) is 33.3 Å². The van der Waals surface area contributed by atoms with Gasteiger partial charge >= 0.3 is 0 Å². The third-order valence-electron chi connectivity index (χ3n) is 4.45. The molecule has 1 atom stereocenters. The van der Waals surface area contributed by atoms with Crippen LogP contribution in [0.1, 0.15) is 37.5 Å². The molecular formula is C21H28N2O. The van der Waals surface area contributed by atoms with E-state index in [9.17, 15) is 0 Å². The fourth-order valence-corrected chi connectivity index (χ4v) is 3.00. The highest BCUT2D eigenvalue weighted by atomic mass is 16.5. The molecule has 0 radical (unpaired) electrons. The van der Waals surface area contributed by atoms with Gasteiger partial charge in [0.1, 0.15) is 11.4 Å². The molecule has 2 aromatic rings. The SMILES string of the molecule is Cc1ccc(CNC(C)Cc2ccc3c(c2)NCC(C)(C)O3)cc1. The van der Waals surface area contributed by atoms with E-state index in [1.54, 1.807) is 0 Å². The van der Waals surface area contributed by atoms with Crippen molar-refractivity contribution in [3.63, 3.8) is 0 Å². The maximum atomic E-state index is 6.02. The van der Waals surface area contributed by atoms with Gasteiger partial charge in [-0.3, -0.25) is 0 Å². The first-order valence-electron chi connectivity index (χ1n) is 8.76. The first-order chi connectivity index (χ1) is 11.4. The van der Waals surface area contributed by atoms with Crippen LogP contribution in [0.4, 0.5) is 5.69 Å². The Morgan fingerprint density at radius 3 is 2.58 bits per heavy atom. The Morgan fingerprint density at radius 1 is 1.12 bits per heavy atom. The lowest BCUT2D eigenvalue weighted by atomic mass is 10.0. The summed E-state index contributed by atoms with van der Waals surface area (Å²) in [4.78, 5) is 0. The smallest absolute Gasteiger partial charge is 0.143 e. The van der Waals surface area contributed by atoms with Crippen molar-refractivity contribution >= 4 is 5.69 Å². The van der Waals surface area contributed by atoms with Gasteiger partial charge in [0.05, 0.1) is 12.2 Å². The van der Waals surface area contributed by atoms with Gasteiger partial charge in [-0.05, 0) is 57.4 Å². The quantitative estimate of drug-likeness (QED) is 0.860. The second kappa shape index (κ2) is 6.86. The highest BCUT2D eigenvalue weighted by Crippen LogP contribution is 2.33. The van der Waals surface area contributed by atoms with Gasteiger partial charge in [-0.15, -0.1) is 0 Å². The maximum Gasteiger partial charge on any atom is 0.143 e. The molecule has 0 spiro atoms. The number of aryl methyl sites for hydroxylation is 1. The Balaban J connectivity index is 1.57. The summed E-state index contributed by atoms with van der Waals surface area (Å²) in [6.07, 6.45) is 1.00. The van der Waals surface area contributed by atoms with Crippen LogP contribution in [0.2, 0.25) is 0 Å². The first kappa shape index (κ1) is 16.8. The van der Waals surface area contributed by atoms with E-state index in [2.05, 4.69) is 80.8 Å². The number of hydrogen-bond acceptors (Lipinski definition) is 3. The summed E-state index contributed by atoms with van der Waals surface area (Å²) < 4.78 is 6.02. The molecule has 1 heterocycles. The summed E-state index contributed by atoms with van der Waals surface area (Å²) in [6.45, 7) is 10.3. The predicted molar refractivity (Wildman–Crippen MR) is 101 cm³/mol. The molecule has 2 aromatic carbocycles. The summed E-state index contributed by atoms with van der Waals surface area (Å²) in [7, 11) is 0. The Labute approximate surface area is 145 Å². The van der Waals surface area contributed by atoms with Crippen molar-refractivity contribution in [1.82, 2.24) is 5.32 Å². The van der Waals surface area contributed by atoms with E-state index < -0.39 is 0 Å². The molecule has 0 saturated carbocycles. The molecule has 0 fully saturated rings. The van der Waals surface area contributed by atoms with Gasteiger partial charge in [0.15, 0.2) is 0 Å². The average molecular weight is 324 g/mol. The highest BCUT2D eigenvalue weighted by molar-refractivity contribution is 5.60. The van der Waals surface area contributed by atoms with E-state index >= 15 is 0 Å². The van der Waals surface area contributed by atoms with E-state index in [0.29, 0.717) is 6.04 Å². The van der Waals surface area contributed by atoms with Crippen molar-refractivity contribution in [3.05, 3.63) is 59.2 Å². The van der Waals surface area contributed by atoms with Gasteiger partial charge in [-0.1, -0.05) is 35.9 Å². The monoisotopic (exact) mass is 324 g/mol. The summed E-state index contributed by atoms with van der Waals surface area (Å²) >= 11 is 0. The molecular weight excluding hydrogens is 296 g/mol. The van der Waals surface area contributed by atoms with Gasteiger partial charge in [-0.2, -0.15) is 0 Å². The fourth-order valence-electron chi connectivity index (χ4n) is 3.00. The third kappa shape index (κ3) is 4.30. The molecule has 0 saturated heterocycles. The lowest BCUT2D eigenvalue weighted by Gasteiger charge is -2.33. The zero-order valence-corrected chi connectivity index (χ0v) is 15.1. The molecule has 1 aliphatic rings. The Hall–Kier alpha value is -2.00. The molecule has 1 aliphatic heterocycles. The second-order valence-electron chi connectivity index (χ2n) is 7.52. The standard InChI is InChI=1S/C21H28N2O/c1-15-5-7-17(8-6-15)13-22-16(2)11-18-9-10-20-19(12-18)23-14-21(3,4)24-20/h5-10,12,16,22-23H,11,13-14H2,1-4H3. The molecule has 0 aromatic heterocycles. The van der Waals surface area contributed by atoms with Gasteiger partial charge < -0.3 is 15.4 Å². The van der Waals surface area contributed by atoms with Crippen LogP contribution in [0.5, 0.6) is 5.75 Å². The van der Waals surface area contributed by atoms with Crippen LogP contribution in [-0.4, -0.2) is 18.2 Å². The van der Waals surface area contributed by atoms with Crippen LogP contribution in [-0.2, 0) is 13.0 Å². The van der Waals surface area contributed by atoms with Gasteiger partial charge in [-0.25, -0.2) is 0 Å². The lowest BCUT2D eigenvalue weighted by Crippen LogP contribution is -2.40. The van der Waals surface area contributed by atoms with Gasteiger partial charge in [0.2, 0.25) is 0 Å². The fraction of sp³-hybridized carbons (Fsp3) is 0.429. The molecule has 0 bridgehead atoms. The van der Waals surface area contributed by atoms with Crippen LogP contribution in [0.25, 0.3) is 0 Å². The van der Waals surface area contributed by atoms with Crippen LogP contribution in [0, 0.1) is 6.92 Å². The van der Waals surface area contributed by atoms with Crippen molar-refractivity contribution in [2.75, 3.05) is 11.9 Å². The highest BCUT2D eigenvalue weighted by Gasteiger charge is 2.26. The number of anilines is 1. The number of nitrogens with one attached hydrogen (secondary N) is 2. The summed E-state index contributed by atoms with van der Waals surface area (Å²) in [5.74, 6) is 0.954. The van der Waals surface area contributed by atoms with Crippen LogP contribution < -0.4 is 15.4 Å². The molecule has 3 nitrogen and oxygen atoms in total. The average Bonchev–Trinajstić information content (AvgIpc) is 2.54. The molecule has 2 N–H and O–H groups in total. The minimum absolute atomic E-state index is 0.141. The summed E-state index contributed by atoms with van der Waals surface area (Å²) in [6, 6.07) is 15.6. The number of benzene rings is 2. The zero-order chi connectivity index (χ0) is 17.2. The maximum absolute atomic E-state index is 6.02. The van der Waals surface area contributed by atoms with Crippen molar-refractivity contribution in [2.24, 2.45) is 0 Å². The molecule has 1 unspecified atom stereocenters. The number of fused-ring (bicyclic) bond motifs is 1. The van der Waals surface area contributed by atoms with E-state index in [1.807, 2.05) is 0 Å². The molecule has 0 aliphatic carbocycles. The van der Waals surface area contributed by atoms with Crippen LogP contribution in [0.3, 0.4) is 0 Å². The third-order valence-corrected chi connectivity index (χ3v) is 4.45. The van der Waals surface area contributed by atoms with Crippen molar-refractivity contribution in [3.8, 4) is 5.75 Å². The largest absolute Gasteiger partial charge is 0.484 e. The number of rotatable bonds is 5. The summed E-state index contributed by atoms with van der Waals surface area (Å²) in [5.41, 5.74) is 4.93. The van der Waals surface area contributed by atoms with Gasteiger partial charge in [0.25, 0.3) is 0 Å². The predicted octanol–water partition coefficient (Wildman–Crippen LogP) is 4.30. The summed E-state index contributed by atoms with van der Waals surface area (Å²) in [5, 5.41) is 7.09. The zero-order valence-electron chi connectivity index (χ0n) is 15.1. The normalized spacial score (nSPS) is 16.7. The van der Waals surface area contributed by atoms with E-state index in [4.69, 9.17) is 4.74 Å². The molecule has 3 heteroatoms.